The number of hydrogen-bond donors (Lipinski definition) is 1. The molecule has 1 aliphatic carbocycles. The van der Waals surface area contributed by atoms with Gasteiger partial charge in [-0.2, -0.15) is 0 Å². The third-order valence-corrected chi connectivity index (χ3v) is 7.15. The highest BCUT2D eigenvalue weighted by Crippen LogP contribution is 2.49. The molecule has 2 aromatic rings. The molecule has 168 valence electrons. The standard InChI is InChI=1S/C19H30N4S.C2H4O.CH2O2/c1-13-16(22-9-7-21(6)8-10-22)23-14-11-18(2,3)12-19(4,5)15(14)24-17(23)20-13;1-2-3;2-1-3/h7-12H2,1-6H3;2H,1H3;1H,(H,2,3). The molecule has 4 rings (SSSR count). The van der Waals surface area contributed by atoms with E-state index in [-0.39, 0.29) is 11.9 Å². The molecule has 0 radical (unpaired) electrons. The van der Waals surface area contributed by atoms with Crippen LogP contribution in [0.3, 0.4) is 0 Å². The second-order valence-electron chi connectivity index (χ2n) is 9.55. The van der Waals surface area contributed by atoms with Crippen LogP contribution in [0, 0.1) is 12.3 Å². The quantitative estimate of drug-likeness (QED) is 0.688. The average Bonchev–Trinajstić information content (AvgIpc) is 3.12. The van der Waals surface area contributed by atoms with Gasteiger partial charge in [0.2, 0.25) is 0 Å². The van der Waals surface area contributed by atoms with E-state index in [1.807, 2.05) is 11.3 Å². The van der Waals surface area contributed by atoms with E-state index in [2.05, 4.69) is 55.9 Å². The number of carbonyl (C=O) groups excluding carboxylic acids is 1. The largest absolute Gasteiger partial charge is 0.483 e. The van der Waals surface area contributed by atoms with E-state index in [4.69, 9.17) is 19.7 Å². The second-order valence-corrected chi connectivity index (χ2v) is 10.5. The predicted octanol–water partition coefficient (Wildman–Crippen LogP) is 3.61. The summed E-state index contributed by atoms with van der Waals surface area (Å²) in [7, 11) is 2.22. The zero-order chi connectivity index (χ0) is 22.7. The number of rotatable bonds is 1. The maximum Gasteiger partial charge on any atom is 0.290 e. The van der Waals surface area contributed by atoms with Gasteiger partial charge in [0.05, 0.1) is 5.69 Å². The lowest BCUT2D eigenvalue weighted by Crippen LogP contribution is -2.45. The number of likely N-dealkylation sites (N-methyl/N-ethyl adjacent to an activating group) is 1. The van der Waals surface area contributed by atoms with Crippen molar-refractivity contribution < 1.29 is 14.7 Å². The normalized spacial score (nSPS) is 19.8. The van der Waals surface area contributed by atoms with Crippen molar-refractivity contribution in [1.29, 1.82) is 0 Å². The number of nitrogens with zero attached hydrogens (tertiary/aromatic N) is 4. The summed E-state index contributed by atoms with van der Waals surface area (Å²) in [6.07, 6.45) is 3.15. The minimum Gasteiger partial charge on any atom is -0.483 e. The molecule has 2 aromatic heterocycles. The number of carboxylic acid groups (broad SMARTS) is 1. The maximum atomic E-state index is 8.81. The molecule has 1 saturated heterocycles. The van der Waals surface area contributed by atoms with Gasteiger partial charge in [-0.05, 0) is 39.2 Å². The van der Waals surface area contributed by atoms with Crippen LogP contribution in [0.2, 0.25) is 0 Å². The molecular formula is C22H36N4O3S. The van der Waals surface area contributed by atoms with Crippen LogP contribution in [-0.4, -0.2) is 65.4 Å². The van der Waals surface area contributed by atoms with E-state index in [9.17, 15) is 0 Å². The number of fused-ring (bicyclic) bond motifs is 3. The van der Waals surface area contributed by atoms with Crippen molar-refractivity contribution >= 4 is 34.9 Å². The Morgan fingerprint density at radius 3 is 2.17 bits per heavy atom. The molecule has 0 bridgehead atoms. The third-order valence-electron chi connectivity index (χ3n) is 5.70. The van der Waals surface area contributed by atoms with E-state index in [0.29, 0.717) is 5.41 Å². The molecule has 0 aromatic carbocycles. The number of aryl methyl sites for hydroxylation is 1. The van der Waals surface area contributed by atoms with E-state index < -0.39 is 0 Å². The molecule has 0 unspecified atom stereocenters. The Kier molecular flexibility index (Phi) is 7.69. The van der Waals surface area contributed by atoms with E-state index >= 15 is 0 Å². The van der Waals surface area contributed by atoms with Crippen LogP contribution in [0.15, 0.2) is 0 Å². The van der Waals surface area contributed by atoms with Crippen molar-refractivity contribution in [1.82, 2.24) is 14.3 Å². The number of anilines is 1. The van der Waals surface area contributed by atoms with Gasteiger partial charge >= 0.3 is 0 Å². The lowest BCUT2D eigenvalue weighted by molar-refractivity contribution is -0.122. The van der Waals surface area contributed by atoms with Crippen LogP contribution < -0.4 is 4.90 Å². The fourth-order valence-corrected chi connectivity index (χ4v) is 6.21. The number of thiazole rings is 1. The zero-order valence-corrected chi connectivity index (χ0v) is 20.2. The van der Waals surface area contributed by atoms with Gasteiger partial charge in [-0.15, -0.1) is 11.3 Å². The van der Waals surface area contributed by atoms with E-state index in [1.165, 1.54) is 35.5 Å². The SMILES string of the molecule is CC=O.Cc1nc2sc3c(n2c1N1CCN(C)CC1)CC(C)(C)CC3(C)C.O=CO. The molecule has 0 amide bonds. The molecule has 1 fully saturated rings. The number of carbonyl (C=O) groups is 2. The second kappa shape index (κ2) is 9.47. The molecule has 7 nitrogen and oxygen atoms in total. The van der Waals surface area contributed by atoms with Crippen LogP contribution in [0.1, 0.15) is 57.3 Å². The van der Waals surface area contributed by atoms with Crippen LogP contribution >= 0.6 is 11.3 Å². The Morgan fingerprint density at radius 2 is 1.63 bits per heavy atom. The van der Waals surface area contributed by atoms with Crippen molar-refractivity contribution in [2.24, 2.45) is 5.41 Å². The summed E-state index contributed by atoms with van der Waals surface area (Å²) in [6.45, 7) is 17.5. The van der Waals surface area contributed by atoms with Crippen LogP contribution in [0.4, 0.5) is 5.82 Å². The third kappa shape index (κ3) is 5.03. The highest BCUT2D eigenvalue weighted by molar-refractivity contribution is 7.17. The maximum absolute atomic E-state index is 8.81. The molecule has 2 aliphatic rings. The fraction of sp³-hybridized carbons (Fsp3) is 0.682. The van der Waals surface area contributed by atoms with Crippen molar-refractivity contribution in [3.63, 3.8) is 0 Å². The summed E-state index contributed by atoms with van der Waals surface area (Å²) >= 11 is 1.92. The van der Waals surface area contributed by atoms with Gasteiger partial charge in [0.25, 0.3) is 6.47 Å². The molecule has 3 heterocycles. The summed E-state index contributed by atoms with van der Waals surface area (Å²) in [5.41, 5.74) is 3.30. The number of hydrogen-bond acceptors (Lipinski definition) is 6. The van der Waals surface area contributed by atoms with Gasteiger partial charge in [0, 0.05) is 42.2 Å². The molecule has 0 saturated carbocycles. The van der Waals surface area contributed by atoms with Crippen LogP contribution in [0.25, 0.3) is 4.96 Å². The molecule has 1 aliphatic heterocycles. The first kappa shape index (κ1) is 24.3. The van der Waals surface area contributed by atoms with Crippen molar-refractivity contribution in [3.05, 3.63) is 16.3 Å². The number of piperazine rings is 1. The van der Waals surface area contributed by atoms with Crippen molar-refractivity contribution in [2.75, 3.05) is 38.1 Å². The van der Waals surface area contributed by atoms with Crippen LogP contribution in [0.5, 0.6) is 0 Å². The average molecular weight is 437 g/mol. The summed E-state index contributed by atoms with van der Waals surface area (Å²) < 4.78 is 2.50. The Bertz CT molecular complexity index is 871. The summed E-state index contributed by atoms with van der Waals surface area (Å²) in [6, 6.07) is 0. The van der Waals surface area contributed by atoms with Gasteiger partial charge in [-0.3, -0.25) is 9.20 Å². The first-order chi connectivity index (χ1) is 14.0. The minimum absolute atomic E-state index is 0.246. The Morgan fingerprint density at radius 1 is 1.10 bits per heavy atom. The highest BCUT2D eigenvalue weighted by atomic mass is 32.1. The van der Waals surface area contributed by atoms with Crippen LogP contribution in [-0.2, 0) is 21.4 Å². The topological polar surface area (TPSA) is 78.2 Å². The summed E-state index contributed by atoms with van der Waals surface area (Å²) in [5, 5.41) is 6.89. The Labute approximate surface area is 183 Å². The van der Waals surface area contributed by atoms with Gasteiger partial charge < -0.3 is 19.7 Å². The van der Waals surface area contributed by atoms with Gasteiger partial charge in [-0.1, -0.05) is 27.7 Å². The lowest BCUT2D eigenvalue weighted by Gasteiger charge is -2.40. The minimum atomic E-state index is -0.250. The van der Waals surface area contributed by atoms with Gasteiger partial charge in [0.1, 0.15) is 12.1 Å². The first-order valence-electron chi connectivity index (χ1n) is 10.4. The van der Waals surface area contributed by atoms with Crippen molar-refractivity contribution in [3.8, 4) is 0 Å². The Hall–Kier alpha value is -1.93. The number of aldehydes is 1. The zero-order valence-electron chi connectivity index (χ0n) is 19.4. The molecule has 0 spiro atoms. The Balaban J connectivity index is 0.000000480. The van der Waals surface area contributed by atoms with E-state index in [1.54, 1.807) is 4.88 Å². The molecule has 30 heavy (non-hydrogen) atoms. The van der Waals surface area contributed by atoms with E-state index in [0.717, 1.165) is 38.9 Å². The molecule has 1 N–H and O–H groups in total. The van der Waals surface area contributed by atoms with Gasteiger partial charge in [0.15, 0.2) is 4.96 Å². The highest BCUT2D eigenvalue weighted by Gasteiger charge is 2.41. The lowest BCUT2D eigenvalue weighted by atomic mass is 9.67. The fourth-order valence-electron chi connectivity index (χ4n) is 4.93. The summed E-state index contributed by atoms with van der Waals surface area (Å²) in [4.78, 5) is 29.8. The predicted molar refractivity (Wildman–Crippen MR) is 123 cm³/mol. The molecule has 0 atom stereocenters. The summed E-state index contributed by atoms with van der Waals surface area (Å²) in [5.74, 6) is 1.35. The number of aromatic nitrogens is 2. The number of imidazole rings is 1. The molecular weight excluding hydrogens is 400 g/mol. The van der Waals surface area contributed by atoms with Crippen molar-refractivity contribution in [2.45, 2.75) is 59.8 Å². The molecule has 8 heteroatoms. The first-order valence-corrected chi connectivity index (χ1v) is 11.2. The smallest absolute Gasteiger partial charge is 0.290 e. The van der Waals surface area contributed by atoms with Gasteiger partial charge in [-0.25, -0.2) is 4.98 Å². The monoisotopic (exact) mass is 436 g/mol.